The van der Waals surface area contributed by atoms with E-state index in [1.54, 1.807) is 67.5 Å². The van der Waals surface area contributed by atoms with Crippen molar-refractivity contribution in [2.75, 3.05) is 7.11 Å². The Hall–Kier alpha value is -11.0. The largest absolute Gasteiger partial charge is 0.513 e. The number of aliphatic hydroxyl groups is 3. The third-order valence-electron chi connectivity index (χ3n) is 10.8. The Labute approximate surface area is 502 Å². The molecule has 0 bridgehead atoms. The number of esters is 2. The normalized spacial score (nSPS) is 10.4. The molecule has 0 heterocycles. The van der Waals surface area contributed by atoms with Crippen LogP contribution in [0.1, 0.15) is 142 Å². The summed E-state index contributed by atoms with van der Waals surface area (Å²) in [6.07, 6.45) is 6.92. The first kappa shape index (κ1) is 76.0. The van der Waals surface area contributed by atoms with Gasteiger partial charge in [-0.3, -0.25) is 0 Å². The van der Waals surface area contributed by atoms with Gasteiger partial charge >= 0.3 is 41.8 Å². The number of benzene rings is 6. The van der Waals surface area contributed by atoms with E-state index in [9.17, 15) is 69.3 Å². The number of rotatable bonds is 12. The van der Waals surface area contributed by atoms with Gasteiger partial charge in [0.1, 0.15) is 69.0 Å². The SMILES string of the molecule is C/C=C(\C)O.C/C=C\C.C=CC(=C)O.C=O.CC(C)(C)OC(=O)c1cc(-c2ccc(C(=O)O)c(O)c2)c(C(=O)OC(C)(C)C)cc1-c1ccc(C(=O)O)c(O)c1.CO.O=C(O)c1ccc(-c2ccc(-c3ccc(C(=O)O)c(O)c3)c(C(=O)O)c2)cc1O. The fraction of sp³-hybridized carbons (Fsp3) is 0.200. The van der Waals surface area contributed by atoms with Gasteiger partial charge in [0.05, 0.1) is 22.4 Å². The Morgan fingerprint density at radius 1 is 0.402 bits per heavy atom. The number of carboxylic acid groups (broad SMARTS) is 5. The topological polar surface area (TPSA) is 398 Å². The van der Waals surface area contributed by atoms with Gasteiger partial charge in [-0.05, 0) is 187 Å². The minimum atomic E-state index is -1.36. The number of hydrogen-bond donors (Lipinski definition) is 12. The standard InChI is InChI=1S/C30H30O10.C21H14O8.C4H8O.C4H6O.C4H8.CH4O.CH2O/c1-29(2,3)39-27(37)21-13-20(16-8-10-18(26(35)36)24(32)12-16)22(28(38)40-30(4,5)6)14-19(21)15-7-9-17(25(33)34)23(31)11-15;22-17-8-11(2-5-14(17)19(24)25)10-1-4-13(16(7-10)21(28)29)12-3-6-15(20(26)27)18(23)9-12;2*1-3-4(2)5;1-3-4-2;2*1-2/h7-14,31-32H,1-6H3,(H,33,34)(H,35,36);1-9,22-23H,(H,24,25)(H,26,27)(H,28,29);3,5H,1-2H3;3,5H,1-2H2;3-4H,1-2H3;2H,1H3;1H2/b;;4-3+;;4-3-;;. The second kappa shape index (κ2) is 35.2. The van der Waals surface area contributed by atoms with E-state index in [1.807, 2.05) is 32.8 Å². The smallest absolute Gasteiger partial charge is 0.339 e. The Morgan fingerprint density at radius 2 is 0.644 bits per heavy atom. The summed E-state index contributed by atoms with van der Waals surface area (Å²) in [5, 5.41) is 110. The van der Waals surface area contributed by atoms with Crippen LogP contribution in [0, 0.1) is 0 Å². The maximum Gasteiger partial charge on any atom is 0.339 e. The number of carbonyl (C=O) groups excluding carboxylic acids is 3. The Kier molecular flexibility index (Phi) is 30.8. The van der Waals surface area contributed by atoms with Crippen LogP contribution in [0.25, 0.3) is 44.5 Å². The lowest BCUT2D eigenvalue weighted by molar-refractivity contribution is -0.0980. The van der Waals surface area contributed by atoms with Gasteiger partial charge in [0.25, 0.3) is 0 Å². The number of aromatic hydroxyl groups is 4. The Bertz CT molecular complexity index is 3390. The molecule has 0 unspecified atom stereocenters. The summed E-state index contributed by atoms with van der Waals surface area (Å²) in [7, 11) is 1.00. The van der Waals surface area contributed by atoms with Crippen LogP contribution < -0.4 is 0 Å². The van der Waals surface area contributed by atoms with E-state index in [0.29, 0.717) is 22.4 Å². The van der Waals surface area contributed by atoms with Crippen molar-refractivity contribution in [3.8, 4) is 67.5 Å². The van der Waals surface area contributed by atoms with E-state index in [2.05, 4.69) is 13.2 Å². The number of aliphatic hydroxyl groups excluding tert-OH is 3. The second-order valence-corrected chi connectivity index (χ2v) is 19.5. The average Bonchev–Trinajstić information content (AvgIpc) is 0.928. The molecule has 0 aromatic heterocycles. The van der Waals surface area contributed by atoms with Gasteiger partial charge in [-0.1, -0.05) is 67.8 Å². The summed E-state index contributed by atoms with van der Waals surface area (Å²) in [6, 6.07) is 22.1. The number of aromatic carboxylic acids is 5. The molecule has 0 spiro atoms. The van der Waals surface area contributed by atoms with Crippen LogP contribution in [0.5, 0.6) is 23.0 Å². The monoisotopic (exact) mass is 1200 g/mol. The molecule has 0 fully saturated rings. The van der Waals surface area contributed by atoms with E-state index < -0.39 is 76.0 Å². The highest BCUT2D eigenvalue weighted by atomic mass is 16.6. The summed E-state index contributed by atoms with van der Waals surface area (Å²) in [5.41, 5.74) is -1.24. The van der Waals surface area contributed by atoms with Crippen LogP contribution >= 0.6 is 0 Å². The highest BCUT2D eigenvalue weighted by molar-refractivity contribution is 6.06. The molecule has 87 heavy (non-hydrogen) atoms. The van der Waals surface area contributed by atoms with Gasteiger partial charge < -0.3 is 75.5 Å². The molecule has 0 radical (unpaired) electrons. The lowest BCUT2D eigenvalue weighted by atomic mass is 9.89. The molecule has 6 aromatic carbocycles. The first-order valence-corrected chi connectivity index (χ1v) is 25.4. The van der Waals surface area contributed by atoms with Crippen LogP contribution in [0.4, 0.5) is 0 Å². The van der Waals surface area contributed by atoms with E-state index in [1.165, 1.54) is 78.9 Å². The number of carbonyl (C=O) groups is 8. The highest BCUT2D eigenvalue weighted by Crippen LogP contribution is 2.39. The summed E-state index contributed by atoms with van der Waals surface area (Å²) in [6.45, 7) is 25.7. The summed E-state index contributed by atoms with van der Waals surface area (Å²) in [4.78, 5) is 91.4. The molecular weight excluding hydrogens is 1130 g/mol. The van der Waals surface area contributed by atoms with Crippen LogP contribution in [0.15, 0.2) is 152 Å². The molecule has 0 aliphatic rings. The molecule has 0 saturated carbocycles. The van der Waals surface area contributed by atoms with E-state index in [0.717, 1.165) is 31.4 Å². The van der Waals surface area contributed by atoms with E-state index in [-0.39, 0.29) is 72.5 Å². The van der Waals surface area contributed by atoms with Crippen molar-refractivity contribution in [2.24, 2.45) is 0 Å². The van der Waals surface area contributed by atoms with Crippen LogP contribution in [-0.2, 0) is 14.3 Å². The van der Waals surface area contributed by atoms with Gasteiger partial charge in [0, 0.05) is 7.11 Å². The zero-order valence-electron chi connectivity index (χ0n) is 49.7. The maximum atomic E-state index is 13.4. The Morgan fingerprint density at radius 3 is 0.874 bits per heavy atom. The quantitative estimate of drug-likeness (QED) is 0.0234. The zero-order valence-corrected chi connectivity index (χ0v) is 49.7. The van der Waals surface area contributed by atoms with Crippen LogP contribution in [0.2, 0.25) is 0 Å². The van der Waals surface area contributed by atoms with Crippen molar-refractivity contribution in [3.63, 3.8) is 0 Å². The first-order valence-electron chi connectivity index (χ1n) is 25.4. The van der Waals surface area contributed by atoms with E-state index in [4.69, 9.17) is 39.8 Å². The molecule has 0 aliphatic carbocycles. The molecule has 0 amide bonds. The molecule has 464 valence electrons. The molecule has 0 saturated heterocycles. The third kappa shape index (κ3) is 24.0. The van der Waals surface area contributed by atoms with Crippen LogP contribution in [-0.4, -0.2) is 128 Å². The summed E-state index contributed by atoms with van der Waals surface area (Å²) >= 11 is 0. The van der Waals surface area contributed by atoms with Crippen molar-refractivity contribution in [2.45, 2.75) is 80.4 Å². The summed E-state index contributed by atoms with van der Waals surface area (Å²) in [5.74, 6) is -9.81. The van der Waals surface area contributed by atoms with Gasteiger partial charge in [-0.2, -0.15) is 0 Å². The van der Waals surface area contributed by atoms with Crippen molar-refractivity contribution >= 4 is 48.6 Å². The van der Waals surface area contributed by atoms with E-state index >= 15 is 0 Å². The molecule has 0 aliphatic heterocycles. The highest BCUT2D eigenvalue weighted by Gasteiger charge is 2.29. The fourth-order valence-electron chi connectivity index (χ4n) is 6.77. The van der Waals surface area contributed by atoms with Gasteiger partial charge in [-0.15, -0.1) is 0 Å². The lowest BCUT2D eigenvalue weighted by Crippen LogP contribution is -2.26. The van der Waals surface area contributed by atoms with Crippen molar-refractivity contribution in [3.05, 3.63) is 191 Å². The molecule has 12 N–H and O–H groups in total. The fourth-order valence-corrected chi connectivity index (χ4v) is 6.77. The number of ether oxygens (including phenoxy) is 2. The maximum absolute atomic E-state index is 13.4. The molecular formula is C65H72O22. The predicted molar refractivity (Wildman–Crippen MR) is 326 cm³/mol. The third-order valence-corrected chi connectivity index (χ3v) is 10.8. The molecule has 22 heteroatoms. The predicted octanol–water partition coefficient (Wildman–Crippen LogP) is 13.0. The van der Waals surface area contributed by atoms with Crippen molar-refractivity contribution < 1.29 is 109 Å². The molecule has 6 aromatic rings. The minimum absolute atomic E-state index is 0.0185. The van der Waals surface area contributed by atoms with Crippen LogP contribution in [0.3, 0.4) is 0 Å². The van der Waals surface area contributed by atoms with Gasteiger partial charge in [-0.25, -0.2) is 33.6 Å². The molecule has 6 rings (SSSR count). The number of carboxylic acids is 5. The number of hydrogen-bond acceptors (Lipinski definition) is 17. The van der Waals surface area contributed by atoms with Gasteiger partial charge in [0.2, 0.25) is 0 Å². The lowest BCUT2D eigenvalue weighted by Gasteiger charge is -2.24. The minimum Gasteiger partial charge on any atom is -0.513 e. The second-order valence-electron chi connectivity index (χ2n) is 19.5. The first-order chi connectivity index (χ1) is 40.5. The van der Waals surface area contributed by atoms with Crippen molar-refractivity contribution in [1.29, 1.82) is 0 Å². The molecule has 22 nitrogen and oxygen atoms in total. The van der Waals surface area contributed by atoms with Gasteiger partial charge in [0.15, 0.2) is 0 Å². The average molecular weight is 1210 g/mol. The number of allylic oxidation sites excluding steroid dienone is 5. The molecule has 0 atom stereocenters. The van der Waals surface area contributed by atoms with Crippen molar-refractivity contribution in [1.82, 2.24) is 0 Å². The zero-order chi connectivity index (χ0) is 67.4. The Balaban J connectivity index is 0.00000136. The summed E-state index contributed by atoms with van der Waals surface area (Å²) < 4.78 is 11.2. The number of phenols is 4.